The monoisotopic (exact) mass is 420 g/mol. The van der Waals surface area contributed by atoms with E-state index in [1.54, 1.807) is 6.26 Å². The first-order valence-electron chi connectivity index (χ1n) is 9.02. The minimum absolute atomic E-state index is 0.0433. The molecule has 154 valence electrons. The Bertz CT molecular complexity index is 875. The van der Waals surface area contributed by atoms with E-state index in [2.05, 4.69) is 0 Å². The number of rotatable bonds is 8. The Morgan fingerprint density at radius 2 is 2.03 bits per heavy atom. The summed E-state index contributed by atoms with van der Waals surface area (Å²) >= 11 is 1.27. The van der Waals surface area contributed by atoms with Crippen molar-refractivity contribution in [2.45, 2.75) is 30.7 Å². The predicted molar refractivity (Wildman–Crippen MR) is 105 cm³/mol. The third-order valence-corrected chi connectivity index (χ3v) is 5.87. The van der Waals surface area contributed by atoms with Crippen molar-refractivity contribution >= 4 is 35.1 Å². The Hall–Kier alpha value is -2.72. The molecule has 9 nitrogen and oxygen atoms in total. The Balaban J connectivity index is 1.96. The van der Waals surface area contributed by atoms with Crippen LogP contribution in [0, 0.1) is 10.1 Å². The Morgan fingerprint density at radius 1 is 1.34 bits per heavy atom. The SMILES string of the molecule is CSC1C(C(=O)c2ccc([N+](=O)[O-])cc2)=C(CC(=O)O)C(=O)N1CC1CCCO1. The zero-order valence-corrected chi connectivity index (χ0v) is 16.5. The fourth-order valence-electron chi connectivity index (χ4n) is 3.59. The summed E-state index contributed by atoms with van der Waals surface area (Å²) in [5.74, 6) is -2.19. The van der Waals surface area contributed by atoms with E-state index >= 15 is 0 Å². The molecule has 1 aromatic carbocycles. The highest BCUT2D eigenvalue weighted by atomic mass is 32.2. The van der Waals surface area contributed by atoms with Gasteiger partial charge in [-0.1, -0.05) is 0 Å². The first kappa shape index (κ1) is 21.0. The average Bonchev–Trinajstić information content (AvgIpc) is 3.29. The molecule has 1 fully saturated rings. The van der Waals surface area contributed by atoms with Gasteiger partial charge in [-0.3, -0.25) is 24.5 Å². The lowest BCUT2D eigenvalue weighted by Gasteiger charge is -2.27. The number of carboxylic acids is 1. The number of nitro benzene ring substituents is 1. The van der Waals surface area contributed by atoms with Crippen LogP contribution in [0.25, 0.3) is 0 Å². The first-order valence-corrected chi connectivity index (χ1v) is 10.3. The molecule has 1 saturated heterocycles. The van der Waals surface area contributed by atoms with Gasteiger partial charge in [0.2, 0.25) is 0 Å². The second-order valence-electron chi connectivity index (χ2n) is 6.78. The molecule has 3 rings (SSSR count). The van der Waals surface area contributed by atoms with E-state index < -0.39 is 34.4 Å². The summed E-state index contributed by atoms with van der Waals surface area (Å²) in [6, 6.07) is 5.05. The van der Waals surface area contributed by atoms with Crippen LogP contribution in [0.15, 0.2) is 35.4 Å². The Morgan fingerprint density at radius 3 is 2.55 bits per heavy atom. The standard InChI is InChI=1S/C19H20N2O7S/c1-29-19-16(17(24)11-4-6-12(7-5-11)21(26)27)14(9-15(22)23)18(25)20(19)10-13-3-2-8-28-13/h4-7,13,19H,2-3,8-10H2,1H3,(H,22,23). The van der Waals surface area contributed by atoms with Crippen LogP contribution < -0.4 is 0 Å². The fourth-order valence-corrected chi connectivity index (χ4v) is 4.51. The van der Waals surface area contributed by atoms with Crippen LogP contribution in [0.1, 0.15) is 29.6 Å². The lowest BCUT2D eigenvalue weighted by atomic mass is 9.98. The number of carboxylic acid groups (broad SMARTS) is 1. The number of hydrogen-bond donors (Lipinski definition) is 1. The molecule has 1 N–H and O–H groups in total. The van der Waals surface area contributed by atoms with E-state index in [9.17, 15) is 29.6 Å². The lowest BCUT2D eigenvalue weighted by Crippen LogP contribution is -2.40. The molecule has 1 aromatic rings. The summed E-state index contributed by atoms with van der Waals surface area (Å²) in [4.78, 5) is 49.3. The van der Waals surface area contributed by atoms with Crippen LogP contribution in [0.5, 0.6) is 0 Å². The number of Topliss-reactive ketones (excluding diaryl/α,β-unsaturated/α-hetero) is 1. The second-order valence-corrected chi connectivity index (χ2v) is 7.69. The van der Waals surface area contributed by atoms with Gasteiger partial charge in [-0.2, -0.15) is 0 Å². The van der Waals surface area contributed by atoms with Crippen LogP contribution in [0.3, 0.4) is 0 Å². The third kappa shape index (κ3) is 4.33. The molecule has 29 heavy (non-hydrogen) atoms. The van der Waals surface area contributed by atoms with Gasteiger partial charge >= 0.3 is 5.97 Å². The normalized spacial score (nSPS) is 21.7. The molecule has 1 amide bonds. The van der Waals surface area contributed by atoms with Crippen molar-refractivity contribution in [1.29, 1.82) is 0 Å². The number of nitro groups is 1. The van der Waals surface area contributed by atoms with Gasteiger partial charge in [-0.15, -0.1) is 11.8 Å². The minimum atomic E-state index is -1.21. The molecule has 0 aliphatic carbocycles. The topological polar surface area (TPSA) is 127 Å². The molecular weight excluding hydrogens is 400 g/mol. The minimum Gasteiger partial charge on any atom is -0.481 e. The smallest absolute Gasteiger partial charge is 0.308 e. The van der Waals surface area contributed by atoms with Crippen molar-refractivity contribution in [1.82, 2.24) is 4.90 Å². The summed E-state index contributed by atoms with van der Waals surface area (Å²) < 4.78 is 5.60. The number of ether oxygens (including phenoxy) is 1. The Labute approximate surface area is 170 Å². The number of hydrogen-bond acceptors (Lipinski definition) is 7. The molecule has 2 heterocycles. The molecule has 0 saturated carbocycles. The number of ketones is 1. The van der Waals surface area contributed by atoms with Crippen LogP contribution >= 0.6 is 11.8 Å². The number of carbonyl (C=O) groups is 3. The molecule has 2 atom stereocenters. The second kappa shape index (κ2) is 8.75. The maximum absolute atomic E-state index is 13.2. The molecule has 0 spiro atoms. The van der Waals surface area contributed by atoms with Crippen LogP contribution in [-0.4, -0.2) is 63.5 Å². The highest BCUT2D eigenvalue weighted by molar-refractivity contribution is 7.99. The quantitative estimate of drug-likeness (QED) is 0.385. The van der Waals surface area contributed by atoms with E-state index in [0.29, 0.717) is 6.61 Å². The van der Waals surface area contributed by atoms with E-state index in [1.807, 2.05) is 0 Å². The summed E-state index contributed by atoms with van der Waals surface area (Å²) in [5, 5.41) is 19.5. The molecule has 2 aliphatic heterocycles. The maximum Gasteiger partial charge on any atom is 0.308 e. The van der Waals surface area contributed by atoms with Crippen molar-refractivity contribution in [3.05, 3.63) is 51.1 Å². The molecular formula is C19H20N2O7S. The highest BCUT2D eigenvalue weighted by Gasteiger charge is 2.43. The van der Waals surface area contributed by atoms with Crippen molar-refractivity contribution in [3.63, 3.8) is 0 Å². The Kier molecular flexibility index (Phi) is 6.33. The van der Waals surface area contributed by atoms with Gasteiger partial charge in [0.25, 0.3) is 11.6 Å². The molecule has 2 unspecified atom stereocenters. The van der Waals surface area contributed by atoms with Gasteiger partial charge in [0.1, 0.15) is 5.37 Å². The van der Waals surface area contributed by atoms with Crippen molar-refractivity contribution in [2.24, 2.45) is 0 Å². The zero-order chi connectivity index (χ0) is 21.1. The number of nitrogens with zero attached hydrogens (tertiary/aromatic N) is 2. The maximum atomic E-state index is 13.2. The van der Waals surface area contributed by atoms with Crippen LogP contribution in [0.2, 0.25) is 0 Å². The summed E-state index contributed by atoms with van der Waals surface area (Å²) in [6.45, 7) is 0.894. The van der Waals surface area contributed by atoms with Crippen LogP contribution in [-0.2, 0) is 14.3 Å². The van der Waals surface area contributed by atoms with E-state index in [4.69, 9.17) is 4.74 Å². The van der Waals surface area contributed by atoms with E-state index in [1.165, 1.54) is 40.9 Å². The zero-order valence-electron chi connectivity index (χ0n) is 15.7. The van der Waals surface area contributed by atoms with Crippen molar-refractivity contribution in [3.8, 4) is 0 Å². The first-order chi connectivity index (χ1) is 13.8. The highest BCUT2D eigenvalue weighted by Crippen LogP contribution is 2.37. The summed E-state index contributed by atoms with van der Waals surface area (Å²) in [7, 11) is 0. The van der Waals surface area contributed by atoms with Gasteiger partial charge in [0.05, 0.1) is 17.4 Å². The summed E-state index contributed by atoms with van der Waals surface area (Å²) in [5.41, 5.74) is 0.0828. The summed E-state index contributed by atoms with van der Waals surface area (Å²) in [6.07, 6.45) is 2.72. The molecule has 0 radical (unpaired) electrons. The number of amides is 1. The van der Waals surface area contributed by atoms with Gasteiger partial charge in [0, 0.05) is 42.0 Å². The van der Waals surface area contributed by atoms with Crippen LogP contribution in [0.4, 0.5) is 5.69 Å². The average molecular weight is 420 g/mol. The van der Waals surface area contributed by atoms with Gasteiger partial charge in [-0.25, -0.2) is 0 Å². The number of aliphatic carboxylic acids is 1. The number of benzene rings is 1. The molecule has 2 aliphatic rings. The molecule has 0 aromatic heterocycles. The third-order valence-electron chi connectivity index (χ3n) is 4.93. The predicted octanol–water partition coefficient (Wildman–Crippen LogP) is 2.26. The van der Waals surface area contributed by atoms with Crippen molar-refractivity contribution in [2.75, 3.05) is 19.4 Å². The molecule has 0 bridgehead atoms. The number of thioether (sulfide) groups is 1. The fraction of sp³-hybridized carbons (Fsp3) is 0.421. The number of carbonyl (C=O) groups excluding carboxylic acids is 2. The van der Waals surface area contributed by atoms with E-state index in [0.717, 1.165) is 12.8 Å². The number of non-ortho nitro benzene ring substituents is 1. The largest absolute Gasteiger partial charge is 0.481 e. The van der Waals surface area contributed by atoms with Gasteiger partial charge in [0.15, 0.2) is 5.78 Å². The lowest BCUT2D eigenvalue weighted by molar-refractivity contribution is -0.384. The van der Waals surface area contributed by atoms with E-state index in [-0.39, 0.29) is 35.0 Å². The molecule has 10 heteroatoms. The van der Waals surface area contributed by atoms with Gasteiger partial charge < -0.3 is 14.7 Å². The van der Waals surface area contributed by atoms with Crippen molar-refractivity contribution < 1.29 is 29.2 Å². The van der Waals surface area contributed by atoms with Gasteiger partial charge in [-0.05, 0) is 31.2 Å².